The van der Waals surface area contributed by atoms with Crippen LogP contribution in [0.1, 0.15) is 11.3 Å². The maximum atomic E-state index is 12.2. The van der Waals surface area contributed by atoms with E-state index in [0.29, 0.717) is 10.7 Å². The molecule has 0 fully saturated rings. The molecule has 1 amide bonds. The first-order chi connectivity index (χ1) is 10.6. The Morgan fingerprint density at radius 1 is 1.41 bits per heavy atom. The predicted octanol–water partition coefficient (Wildman–Crippen LogP) is 4.55. The van der Waals surface area contributed by atoms with E-state index in [0.717, 1.165) is 21.8 Å². The van der Waals surface area contributed by atoms with Crippen molar-refractivity contribution in [1.82, 2.24) is 4.98 Å². The molecule has 0 aliphatic heterocycles. The number of thiazole rings is 1. The van der Waals surface area contributed by atoms with E-state index < -0.39 is 0 Å². The molecule has 112 valence electrons. The third kappa shape index (κ3) is 3.21. The number of nitrogens with zero attached hydrogens (tertiary/aromatic N) is 1. The molecule has 3 aromatic rings. The first-order valence-corrected chi connectivity index (χ1v) is 7.91. The summed E-state index contributed by atoms with van der Waals surface area (Å²) in [7, 11) is 0. The summed E-state index contributed by atoms with van der Waals surface area (Å²) in [6, 6.07) is 7.35. The van der Waals surface area contributed by atoms with Crippen LogP contribution in [0.25, 0.3) is 10.6 Å². The lowest BCUT2D eigenvalue weighted by atomic mass is 10.2. The van der Waals surface area contributed by atoms with Gasteiger partial charge in [-0.2, -0.15) is 0 Å². The highest BCUT2D eigenvalue weighted by Crippen LogP contribution is 2.26. The van der Waals surface area contributed by atoms with Gasteiger partial charge in [-0.05, 0) is 24.6 Å². The third-order valence-electron chi connectivity index (χ3n) is 3.15. The highest BCUT2D eigenvalue weighted by molar-refractivity contribution is 7.13. The number of aryl methyl sites for hydroxylation is 1. The van der Waals surface area contributed by atoms with Gasteiger partial charge in [0.1, 0.15) is 11.3 Å². The Morgan fingerprint density at radius 2 is 2.27 bits per heavy atom. The maximum Gasteiger partial charge on any atom is 0.230 e. The van der Waals surface area contributed by atoms with Crippen molar-refractivity contribution in [3.8, 4) is 10.6 Å². The molecule has 0 atom stereocenters. The second-order valence-electron chi connectivity index (χ2n) is 4.81. The minimum atomic E-state index is -0.139. The number of furan rings is 1. The van der Waals surface area contributed by atoms with E-state index in [1.165, 1.54) is 11.3 Å². The van der Waals surface area contributed by atoms with Crippen molar-refractivity contribution in [3.05, 3.63) is 58.5 Å². The SMILES string of the molecule is Cc1cccc(Cl)c1NC(=O)Cc1csc(-c2ccoc2)n1. The number of hydrogen-bond donors (Lipinski definition) is 1. The summed E-state index contributed by atoms with van der Waals surface area (Å²) in [5, 5.41) is 6.09. The molecule has 1 N–H and O–H groups in total. The number of hydrogen-bond acceptors (Lipinski definition) is 4. The molecular weight excluding hydrogens is 320 g/mol. The molecule has 1 aromatic carbocycles. The highest BCUT2D eigenvalue weighted by Gasteiger charge is 2.12. The minimum absolute atomic E-state index is 0.139. The standard InChI is InChI=1S/C16H13ClN2O2S/c1-10-3-2-4-13(17)15(10)19-14(20)7-12-9-22-16(18-12)11-5-6-21-8-11/h2-6,8-9H,7H2,1H3,(H,19,20). The molecule has 0 saturated carbocycles. The Kier molecular flexibility index (Phi) is 4.27. The van der Waals surface area contributed by atoms with E-state index >= 15 is 0 Å². The zero-order valence-electron chi connectivity index (χ0n) is 11.8. The molecule has 2 aromatic heterocycles. The molecular formula is C16H13ClN2O2S. The number of benzene rings is 1. The molecule has 6 heteroatoms. The number of aromatic nitrogens is 1. The van der Waals surface area contributed by atoms with Gasteiger partial charge in [-0.15, -0.1) is 11.3 Å². The molecule has 22 heavy (non-hydrogen) atoms. The van der Waals surface area contributed by atoms with Crippen LogP contribution >= 0.6 is 22.9 Å². The van der Waals surface area contributed by atoms with E-state index in [9.17, 15) is 4.79 Å². The van der Waals surface area contributed by atoms with Crippen LogP contribution in [0.5, 0.6) is 0 Å². The van der Waals surface area contributed by atoms with Gasteiger partial charge < -0.3 is 9.73 Å². The van der Waals surface area contributed by atoms with Gasteiger partial charge in [0.15, 0.2) is 0 Å². The van der Waals surface area contributed by atoms with E-state index in [-0.39, 0.29) is 12.3 Å². The molecule has 0 radical (unpaired) electrons. The van der Waals surface area contributed by atoms with Crippen LogP contribution in [0.4, 0.5) is 5.69 Å². The van der Waals surface area contributed by atoms with Gasteiger partial charge >= 0.3 is 0 Å². The Labute approximate surface area is 136 Å². The van der Waals surface area contributed by atoms with Crippen molar-refractivity contribution in [3.63, 3.8) is 0 Å². The quantitative estimate of drug-likeness (QED) is 0.762. The van der Waals surface area contributed by atoms with Crippen LogP contribution in [0.15, 0.2) is 46.6 Å². The van der Waals surface area contributed by atoms with Crippen molar-refractivity contribution in [1.29, 1.82) is 0 Å². The number of halogens is 1. The zero-order chi connectivity index (χ0) is 15.5. The Balaban J connectivity index is 1.70. The number of carbonyl (C=O) groups excluding carboxylic acids is 1. The average Bonchev–Trinajstić information content (AvgIpc) is 3.13. The smallest absolute Gasteiger partial charge is 0.230 e. The number of anilines is 1. The lowest BCUT2D eigenvalue weighted by Crippen LogP contribution is -2.15. The maximum absolute atomic E-state index is 12.2. The number of para-hydroxylation sites is 1. The van der Waals surface area contributed by atoms with Crippen LogP contribution in [0.3, 0.4) is 0 Å². The highest BCUT2D eigenvalue weighted by atomic mass is 35.5. The van der Waals surface area contributed by atoms with E-state index in [1.807, 2.05) is 30.5 Å². The van der Waals surface area contributed by atoms with Crippen LogP contribution in [-0.4, -0.2) is 10.9 Å². The number of rotatable bonds is 4. The van der Waals surface area contributed by atoms with Crippen LogP contribution in [-0.2, 0) is 11.2 Å². The molecule has 0 aliphatic rings. The summed E-state index contributed by atoms with van der Waals surface area (Å²) in [4.78, 5) is 16.6. The van der Waals surface area contributed by atoms with Crippen molar-refractivity contribution >= 4 is 34.5 Å². The molecule has 3 rings (SSSR count). The number of nitrogens with one attached hydrogen (secondary N) is 1. The summed E-state index contributed by atoms with van der Waals surface area (Å²) in [5.41, 5.74) is 3.22. The normalized spacial score (nSPS) is 10.6. The molecule has 0 aliphatic carbocycles. The Morgan fingerprint density at radius 3 is 3.00 bits per heavy atom. The van der Waals surface area contributed by atoms with E-state index in [2.05, 4.69) is 10.3 Å². The van der Waals surface area contributed by atoms with Crippen LogP contribution in [0, 0.1) is 6.92 Å². The van der Waals surface area contributed by atoms with E-state index in [1.54, 1.807) is 18.6 Å². The summed E-state index contributed by atoms with van der Waals surface area (Å²) in [5.74, 6) is -0.139. The summed E-state index contributed by atoms with van der Waals surface area (Å²) >= 11 is 7.59. The molecule has 4 nitrogen and oxygen atoms in total. The van der Waals surface area contributed by atoms with Gasteiger partial charge in [0.05, 0.1) is 29.1 Å². The largest absolute Gasteiger partial charge is 0.472 e. The van der Waals surface area contributed by atoms with Gasteiger partial charge in [0.25, 0.3) is 0 Å². The summed E-state index contributed by atoms with van der Waals surface area (Å²) in [6.45, 7) is 1.90. The topological polar surface area (TPSA) is 55.1 Å². The van der Waals surface area contributed by atoms with E-state index in [4.69, 9.17) is 16.0 Å². The second-order valence-corrected chi connectivity index (χ2v) is 6.08. The summed E-state index contributed by atoms with van der Waals surface area (Å²) in [6.07, 6.45) is 3.44. The number of carbonyl (C=O) groups is 1. The van der Waals surface area contributed by atoms with Gasteiger partial charge in [0.2, 0.25) is 5.91 Å². The first-order valence-electron chi connectivity index (χ1n) is 6.65. The van der Waals surface area contributed by atoms with Crippen LogP contribution in [0.2, 0.25) is 5.02 Å². The minimum Gasteiger partial charge on any atom is -0.472 e. The Hall–Kier alpha value is -2.11. The van der Waals surface area contributed by atoms with Gasteiger partial charge in [-0.3, -0.25) is 4.79 Å². The third-order valence-corrected chi connectivity index (χ3v) is 4.40. The molecule has 0 bridgehead atoms. The van der Waals surface area contributed by atoms with Gasteiger partial charge in [-0.25, -0.2) is 4.98 Å². The molecule has 0 spiro atoms. The second kappa shape index (κ2) is 6.34. The number of amides is 1. The average molecular weight is 333 g/mol. The fraction of sp³-hybridized carbons (Fsp3) is 0.125. The Bertz CT molecular complexity index is 776. The fourth-order valence-electron chi connectivity index (χ4n) is 2.05. The lowest BCUT2D eigenvalue weighted by molar-refractivity contribution is -0.115. The van der Waals surface area contributed by atoms with Crippen molar-refractivity contribution in [2.45, 2.75) is 13.3 Å². The van der Waals surface area contributed by atoms with Crippen LogP contribution < -0.4 is 5.32 Å². The molecule has 0 saturated heterocycles. The predicted molar refractivity (Wildman–Crippen MR) is 88.3 cm³/mol. The van der Waals surface area contributed by atoms with Gasteiger partial charge in [-0.1, -0.05) is 23.7 Å². The fourth-order valence-corrected chi connectivity index (χ4v) is 3.12. The first kappa shape index (κ1) is 14.8. The monoisotopic (exact) mass is 332 g/mol. The summed E-state index contributed by atoms with van der Waals surface area (Å²) < 4.78 is 5.04. The van der Waals surface area contributed by atoms with Crippen molar-refractivity contribution in [2.75, 3.05) is 5.32 Å². The van der Waals surface area contributed by atoms with Crippen molar-refractivity contribution in [2.24, 2.45) is 0 Å². The molecule has 0 unspecified atom stereocenters. The van der Waals surface area contributed by atoms with Crippen molar-refractivity contribution < 1.29 is 9.21 Å². The lowest BCUT2D eigenvalue weighted by Gasteiger charge is -2.09. The molecule has 2 heterocycles. The zero-order valence-corrected chi connectivity index (χ0v) is 13.4. The van der Waals surface area contributed by atoms with Gasteiger partial charge in [0, 0.05) is 10.9 Å².